The molecule has 2 heterocycles. The highest BCUT2D eigenvalue weighted by molar-refractivity contribution is 6.32. The zero-order valence-corrected chi connectivity index (χ0v) is 18.8. The Labute approximate surface area is 192 Å². The molecule has 2 aromatic carbocycles. The van der Waals surface area contributed by atoms with Crippen molar-refractivity contribution < 1.29 is 14.1 Å². The van der Waals surface area contributed by atoms with Crippen molar-refractivity contribution in [1.82, 2.24) is 20.4 Å². The third kappa shape index (κ3) is 5.87. The van der Waals surface area contributed by atoms with Crippen LogP contribution in [0.15, 0.2) is 53.1 Å². The van der Waals surface area contributed by atoms with Gasteiger partial charge in [-0.1, -0.05) is 58.7 Å². The summed E-state index contributed by atoms with van der Waals surface area (Å²) in [5.74, 6) is 1.92. The van der Waals surface area contributed by atoms with Crippen LogP contribution in [-0.2, 0) is 11.3 Å². The summed E-state index contributed by atoms with van der Waals surface area (Å²) in [6, 6.07) is 15.4. The first-order valence-electron chi connectivity index (χ1n) is 10.9. The Hall–Kier alpha value is -2.90. The van der Waals surface area contributed by atoms with E-state index < -0.39 is 0 Å². The SMILES string of the molecule is Cc1ccc(-c2noc(CN3CCC(C(=O)NCCOc4ccccc4Cl)CC3)n2)cc1. The van der Waals surface area contributed by atoms with Gasteiger partial charge in [0, 0.05) is 11.5 Å². The van der Waals surface area contributed by atoms with Gasteiger partial charge in [0.2, 0.25) is 17.6 Å². The first kappa shape index (κ1) is 22.3. The van der Waals surface area contributed by atoms with Crippen molar-refractivity contribution in [2.24, 2.45) is 5.92 Å². The molecule has 8 heteroatoms. The fourth-order valence-corrected chi connectivity index (χ4v) is 3.92. The minimum atomic E-state index is 0.0115. The van der Waals surface area contributed by atoms with Gasteiger partial charge in [0.1, 0.15) is 12.4 Å². The third-order valence-corrected chi connectivity index (χ3v) is 5.90. The molecular formula is C24H27ClN4O3. The molecule has 32 heavy (non-hydrogen) atoms. The largest absolute Gasteiger partial charge is 0.490 e. The Morgan fingerprint density at radius 1 is 1.19 bits per heavy atom. The van der Waals surface area contributed by atoms with E-state index in [4.69, 9.17) is 20.9 Å². The minimum Gasteiger partial charge on any atom is -0.490 e. The number of aromatic nitrogens is 2. The van der Waals surface area contributed by atoms with E-state index in [0.29, 0.717) is 42.2 Å². The van der Waals surface area contributed by atoms with Crippen LogP contribution in [0.3, 0.4) is 0 Å². The van der Waals surface area contributed by atoms with Crippen LogP contribution in [0.5, 0.6) is 5.75 Å². The predicted molar refractivity (Wildman–Crippen MR) is 122 cm³/mol. The van der Waals surface area contributed by atoms with Crippen LogP contribution in [0.4, 0.5) is 0 Å². The molecule has 1 saturated heterocycles. The number of amides is 1. The van der Waals surface area contributed by atoms with Crippen molar-refractivity contribution in [3.8, 4) is 17.1 Å². The van der Waals surface area contributed by atoms with E-state index in [1.165, 1.54) is 5.56 Å². The molecule has 168 valence electrons. The molecule has 0 radical (unpaired) electrons. The lowest BCUT2D eigenvalue weighted by Gasteiger charge is -2.30. The van der Waals surface area contributed by atoms with Crippen LogP contribution in [0.25, 0.3) is 11.4 Å². The zero-order valence-electron chi connectivity index (χ0n) is 18.1. The number of likely N-dealkylation sites (tertiary alicyclic amines) is 1. The van der Waals surface area contributed by atoms with Crippen molar-refractivity contribution in [3.05, 3.63) is 65.0 Å². The number of piperidine rings is 1. The second kappa shape index (κ2) is 10.6. The van der Waals surface area contributed by atoms with Gasteiger partial charge in [0.25, 0.3) is 0 Å². The number of carbonyl (C=O) groups is 1. The number of aryl methyl sites for hydroxylation is 1. The summed E-state index contributed by atoms with van der Waals surface area (Å²) in [5, 5.41) is 7.63. The molecule has 1 amide bonds. The smallest absolute Gasteiger partial charge is 0.241 e. The van der Waals surface area contributed by atoms with Gasteiger partial charge in [-0.25, -0.2) is 0 Å². The van der Waals surface area contributed by atoms with Crippen molar-refractivity contribution >= 4 is 17.5 Å². The molecule has 7 nitrogen and oxygen atoms in total. The van der Waals surface area contributed by atoms with Crippen molar-refractivity contribution in [2.75, 3.05) is 26.2 Å². The maximum atomic E-state index is 12.5. The van der Waals surface area contributed by atoms with Gasteiger partial charge in [-0.2, -0.15) is 4.98 Å². The Morgan fingerprint density at radius 2 is 1.94 bits per heavy atom. The molecule has 1 N–H and O–H groups in total. The molecule has 0 unspecified atom stereocenters. The Bertz CT molecular complexity index is 1030. The number of hydrogen-bond donors (Lipinski definition) is 1. The van der Waals surface area contributed by atoms with Crippen LogP contribution in [0, 0.1) is 12.8 Å². The summed E-state index contributed by atoms with van der Waals surface area (Å²) in [6.45, 7) is 5.11. The fraction of sp³-hybridized carbons (Fsp3) is 0.375. The van der Waals surface area contributed by atoms with Crippen LogP contribution in [-0.4, -0.2) is 47.2 Å². The zero-order chi connectivity index (χ0) is 22.3. The molecule has 0 atom stereocenters. The average Bonchev–Trinajstić information content (AvgIpc) is 3.27. The summed E-state index contributed by atoms with van der Waals surface area (Å²) >= 11 is 6.07. The Morgan fingerprint density at radius 3 is 2.69 bits per heavy atom. The van der Waals surface area contributed by atoms with Crippen LogP contribution in [0.2, 0.25) is 5.02 Å². The van der Waals surface area contributed by atoms with Crippen molar-refractivity contribution in [1.29, 1.82) is 0 Å². The van der Waals surface area contributed by atoms with Gasteiger partial charge >= 0.3 is 0 Å². The van der Waals surface area contributed by atoms with E-state index in [0.717, 1.165) is 31.5 Å². The molecule has 0 saturated carbocycles. The van der Waals surface area contributed by atoms with E-state index in [1.54, 1.807) is 6.07 Å². The van der Waals surface area contributed by atoms with Gasteiger partial charge in [-0.05, 0) is 45.0 Å². The van der Waals surface area contributed by atoms with Crippen LogP contribution >= 0.6 is 11.6 Å². The van der Waals surface area contributed by atoms with E-state index in [9.17, 15) is 4.79 Å². The number of benzene rings is 2. The number of nitrogens with one attached hydrogen (secondary N) is 1. The van der Waals surface area contributed by atoms with Crippen LogP contribution in [0.1, 0.15) is 24.3 Å². The van der Waals surface area contributed by atoms with Gasteiger partial charge in [0.15, 0.2) is 0 Å². The minimum absolute atomic E-state index is 0.0115. The summed E-state index contributed by atoms with van der Waals surface area (Å²) in [4.78, 5) is 19.2. The van der Waals surface area contributed by atoms with E-state index in [-0.39, 0.29) is 11.8 Å². The number of nitrogens with zero attached hydrogens (tertiary/aromatic N) is 3. The Kier molecular flexibility index (Phi) is 7.39. The second-order valence-corrected chi connectivity index (χ2v) is 8.41. The molecule has 1 fully saturated rings. The van der Waals surface area contributed by atoms with E-state index >= 15 is 0 Å². The van der Waals surface area contributed by atoms with Gasteiger partial charge < -0.3 is 14.6 Å². The molecule has 3 aromatic rings. The molecule has 0 aliphatic carbocycles. The Balaban J connectivity index is 1.17. The maximum absolute atomic E-state index is 12.5. The number of hydrogen-bond acceptors (Lipinski definition) is 6. The van der Waals surface area contributed by atoms with Crippen molar-refractivity contribution in [3.63, 3.8) is 0 Å². The lowest BCUT2D eigenvalue weighted by atomic mass is 9.96. The quantitative estimate of drug-likeness (QED) is 0.516. The second-order valence-electron chi connectivity index (χ2n) is 8.00. The van der Waals surface area contributed by atoms with E-state index in [2.05, 4.69) is 20.4 Å². The molecule has 1 aliphatic heterocycles. The highest BCUT2D eigenvalue weighted by atomic mass is 35.5. The highest BCUT2D eigenvalue weighted by Gasteiger charge is 2.25. The molecule has 1 aromatic heterocycles. The van der Waals surface area contributed by atoms with Crippen LogP contribution < -0.4 is 10.1 Å². The number of carbonyl (C=O) groups excluding carboxylic acids is 1. The molecule has 0 spiro atoms. The molecule has 1 aliphatic rings. The number of halogens is 1. The average molecular weight is 455 g/mol. The summed E-state index contributed by atoms with van der Waals surface area (Å²) < 4.78 is 11.1. The predicted octanol–water partition coefficient (Wildman–Crippen LogP) is 4.11. The van der Waals surface area contributed by atoms with Crippen molar-refractivity contribution in [2.45, 2.75) is 26.3 Å². The third-order valence-electron chi connectivity index (χ3n) is 5.59. The summed E-state index contributed by atoms with van der Waals surface area (Å²) in [6.07, 6.45) is 1.60. The lowest BCUT2D eigenvalue weighted by molar-refractivity contribution is -0.126. The molecule has 4 rings (SSSR count). The first-order valence-corrected chi connectivity index (χ1v) is 11.2. The topological polar surface area (TPSA) is 80.5 Å². The van der Waals surface area contributed by atoms with Gasteiger partial charge in [0.05, 0.1) is 18.1 Å². The number of rotatable bonds is 8. The molecule has 0 bridgehead atoms. The number of ether oxygens (including phenoxy) is 1. The highest BCUT2D eigenvalue weighted by Crippen LogP contribution is 2.23. The number of para-hydroxylation sites is 1. The summed E-state index contributed by atoms with van der Waals surface area (Å²) in [5.41, 5.74) is 2.14. The monoisotopic (exact) mass is 454 g/mol. The van der Waals surface area contributed by atoms with Gasteiger partial charge in [-0.3, -0.25) is 9.69 Å². The maximum Gasteiger partial charge on any atom is 0.241 e. The van der Waals surface area contributed by atoms with Gasteiger partial charge in [-0.15, -0.1) is 0 Å². The first-order chi connectivity index (χ1) is 15.6. The normalized spacial score (nSPS) is 14.9. The fourth-order valence-electron chi connectivity index (χ4n) is 3.72. The molecular weight excluding hydrogens is 428 g/mol. The standard InChI is InChI=1S/C24H27ClN4O3/c1-17-6-8-18(9-7-17)23-27-22(32-28-23)16-29-13-10-19(11-14-29)24(30)26-12-15-31-21-5-3-2-4-20(21)25/h2-9,19H,10-16H2,1H3,(H,26,30). The summed E-state index contributed by atoms with van der Waals surface area (Å²) in [7, 11) is 0. The lowest BCUT2D eigenvalue weighted by Crippen LogP contribution is -2.41. The van der Waals surface area contributed by atoms with E-state index in [1.807, 2.05) is 49.4 Å².